The average molecular weight is 399 g/mol. The lowest BCUT2D eigenvalue weighted by atomic mass is 10.1. The molecule has 2 aromatic carbocycles. The fourth-order valence-electron chi connectivity index (χ4n) is 1.93. The lowest BCUT2D eigenvalue weighted by Gasteiger charge is -2.08. The minimum atomic E-state index is -0.623. The van der Waals surface area contributed by atoms with Crippen LogP contribution in [-0.2, 0) is 14.3 Å². The molecule has 0 aliphatic heterocycles. The van der Waals surface area contributed by atoms with Gasteiger partial charge in [-0.25, -0.2) is 4.79 Å². The van der Waals surface area contributed by atoms with Crippen molar-refractivity contribution < 1.29 is 14.3 Å². The third kappa shape index (κ3) is 5.90. The van der Waals surface area contributed by atoms with Gasteiger partial charge in [0.25, 0.3) is 5.91 Å². The Hall–Kier alpha value is -2.91. The van der Waals surface area contributed by atoms with Crippen LogP contribution in [0.1, 0.15) is 16.7 Å². The number of ether oxygens (including phenoxy) is 1. The van der Waals surface area contributed by atoms with Gasteiger partial charge < -0.3 is 10.1 Å². The maximum atomic E-state index is 11.8. The summed E-state index contributed by atoms with van der Waals surface area (Å²) in [5, 5.41) is 11.4. The van der Waals surface area contributed by atoms with E-state index in [2.05, 4.69) is 21.2 Å². The summed E-state index contributed by atoms with van der Waals surface area (Å²) >= 11 is 3.36. The molecule has 0 saturated heterocycles. The lowest BCUT2D eigenvalue weighted by Crippen LogP contribution is -2.20. The van der Waals surface area contributed by atoms with E-state index in [-0.39, 0.29) is 6.61 Å². The Balaban J connectivity index is 1.83. The van der Waals surface area contributed by atoms with Crippen molar-refractivity contribution in [1.82, 2.24) is 0 Å². The SMILES string of the molecule is Cc1ccc(NC(=O)COC(=O)/C=C/c2ccc(C#N)cc2)c(Br)c1. The van der Waals surface area contributed by atoms with Crippen LogP contribution >= 0.6 is 15.9 Å². The number of hydrogen-bond acceptors (Lipinski definition) is 4. The van der Waals surface area contributed by atoms with E-state index in [0.29, 0.717) is 11.3 Å². The first-order chi connectivity index (χ1) is 12.0. The fraction of sp³-hybridized carbons (Fsp3) is 0.105. The number of nitrogens with zero attached hydrogens (tertiary/aromatic N) is 1. The largest absolute Gasteiger partial charge is 0.452 e. The molecule has 5 nitrogen and oxygen atoms in total. The normalized spacial score (nSPS) is 10.3. The highest BCUT2D eigenvalue weighted by molar-refractivity contribution is 9.10. The van der Waals surface area contributed by atoms with E-state index in [1.54, 1.807) is 36.4 Å². The van der Waals surface area contributed by atoms with Crippen LogP contribution in [-0.4, -0.2) is 18.5 Å². The van der Waals surface area contributed by atoms with Gasteiger partial charge in [0.2, 0.25) is 0 Å². The van der Waals surface area contributed by atoms with Crippen molar-refractivity contribution in [2.45, 2.75) is 6.92 Å². The van der Waals surface area contributed by atoms with Crippen molar-refractivity contribution in [3.8, 4) is 6.07 Å². The molecule has 0 aromatic heterocycles. The van der Waals surface area contributed by atoms with Gasteiger partial charge in [-0.05, 0) is 64.3 Å². The number of rotatable bonds is 5. The number of esters is 1. The zero-order valence-corrected chi connectivity index (χ0v) is 15.0. The van der Waals surface area contributed by atoms with Crippen LogP contribution in [0, 0.1) is 18.3 Å². The van der Waals surface area contributed by atoms with Gasteiger partial charge >= 0.3 is 5.97 Å². The number of benzene rings is 2. The van der Waals surface area contributed by atoms with Gasteiger partial charge in [0.15, 0.2) is 6.61 Å². The van der Waals surface area contributed by atoms with Gasteiger partial charge in [0, 0.05) is 10.5 Å². The molecule has 6 heteroatoms. The van der Waals surface area contributed by atoms with Crippen LogP contribution in [0.25, 0.3) is 6.08 Å². The summed E-state index contributed by atoms with van der Waals surface area (Å²) < 4.78 is 5.66. The zero-order chi connectivity index (χ0) is 18.2. The van der Waals surface area contributed by atoms with Gasteiger partial charge in [-0.2, -0.15) is 5.26 Å². The molecule has 126 valence electrons. The number of aryl methyl sites for hydroxylation is 1. The number of anilines is 1. The van der Waals surface area contributed by atoms with Crippen LogP contribution < -0.4 is 5.32 Å². The lowest BCUT2D eigenvalue weighted by molar-refractivity contribution is -0.142. The van der Waals surface area contributed by atoms with E-state index in [9.17, 15) is 9.59 Å². The van der Waals surface area contributed by atoms with E-state index in [1.165, 1.54) is 6.08 Å². The first-order valence-electron chi connectivity index (χ1n) is 7.39. The summed E-state index contributed by atoms with van der Waals surface area (Å²) in [6.07, 6.45) is 2.79. The predicted octanol–water partition coefficient (Wildman–Crippen LogP) is 3.82. The van der Waals surface area contributed by atoms with Crippen LogP contribution in [0.2, 0.25) is 0 Å². The number of nitrogens with one attached hydrogen (secondary N) is 1. The first-order valence-corrected chi connectivity index (χ1v) is 8.18. The quantitative estimate of drug-likeness (QED) is 0.612. The van der Waals surface area contributed by atoms with E-state index in [4.69, 9.17) is 10.00 Å². The van der Waals surface area contributed by atoms with Crippen LogP contribution in [0.15, 0.2) is 53.0 Å². The zero-order valence-electron chi connectivity index (χ0n) is 13.5. The molecule has 0 heterocycles. The molecular weight excluding hydrogens is 384 g/mol. The molecule has 0 fully saturated rings. The first kappa shape index (κ1) is 18.4. The maximum Gasteiger partial charge on any atom is 0.331 e. The van der Waals surface area contributed by atoms with E-state index in [1.807, 2.05) is 25.1 Å². The summed E-state index contributed by atoms with van der Waals surface area (Å²) in [4.78, 5) is 23.5. The van der Waals surface area contributed by atoms with Gasteiger partial charge in [-0.1, -0.05) is 18.2 Å². The number of carbonyl (C=O) groups is 2. The molecular formula is C19H15BrN2O3. The molecule has 0 saturated carbocycles. The Bertz CT molecular complexity index is 852. The molecule has 2 rings (SSSR count). The van der Waals surface area contributed by atoms with Crippen LogP contribution in [0.4, 0.5) is 5.69 Å². The van der Waals surface area contributed by atoms with Crippen molar-refractivity contribution >= 4 is 39.6 Å². The Morgan fingerprint density at radius 2 is 1.96 bits per heavy atom. The Morgan fingerprint density at radius 3 is 2.60 bits per heavy atom. The van der Waals surface area contributed by atoms with Crippen LogP contribution in [0.5, 0.6) is 0 Å². The topological polar surface area (TPSA) is 79.2 Å². The van der Waals surface area contributed by atoms with Gasteiger partial charge in [0.1, 0.15) is 0 Å². The minimum Gasteiger partial charge on any atom is -0.452 e. The number of amides is 1. The summed E-state index contributed by atoms with van der Waals surface area (Å²) in [6.45, 7) is 1.56. The molecule has 0 bridgehead atoms. The second-order valence-electron chi connectivity index (χ2n) is 5.21. The van der Waals surface area contributed by atoms with E-state index < -0.39 is 11.9 Å². The maximum absolute atomic E-state index is 11.8. The highest BCUT2D eigenvalue weighted by Gasteiger charge is 2.08. The molecule has 1 amide bonds. The second kappa shape index (κ2) is 8.81. The summed E-state index contributed by atoms with van der Waals surface area (Å²) in [5.74, 6) is -1.05. The molecule has 25 heavy (non-hydrogen) atoms. The second-order valence-corrected chi connectivity index (χ2v) is 6.06. The molecule has 1 N–H and O–H groups in total. The van der Waals surface area contributed by atoms with Gasteiger partial charge in [-0.15, -0.1) is 0 Å². The molecule has 2 aromatic rings. The number of hydrogen-bond donors (Lipinski definition) is 1. The Labute approximate surface area is 154 Å². The van der Waals surface area contributed by atoms with Crippen molar-refractivity contribution in [1.29, 1.82) is 5.26 Å². The third-order valence-electron chi connectivity index (χ3n) is 3.20. The molecule has 0 atom stereocenters. The smallest absolute Gasteiger partial charge is 0.331 e. The van der Waals surface area contributed by atoms with Crippen molar-refractivity contribution in [2.75, 3.05) is 11.9 Å². The van der Waals surface area contributed by atoms with Crippen molar-refractivity contribution in [3.63, 3.8) is 0 Å². The summed E-state index contributed by atoms with van der Waals surface area (Å²) in [6, 6.07) is 14.3. The molecule has 0 aliphatic rings. The van der Waals surface area contributed by atoms with Gasteiger partial charge in [-0.3, -0.25) is 4.79 Å². The predicted molar refractivity (Wildman–Crippen MR) is 98.7 cm³/mol. The van der Waals surface area contributed by atoms with E-state index in [0.717, 1.165) is 15.6 Å². The van der Waals surface area contributed by atoms with E-state index >= 15 is 0 Å². The molecule has 0 radical (unpaired) electrons. The number of nitriles is 1. The third-order valence-corrected chi connectivity index (χ3v) is 3.85. The highest BCUT2D eigenvalue weighted by Crippen LogP contribution is 2.23. The highest BCUT2D eigenvalue weighted by atomic mass is 79.9. The standard InChI is InChI=1S/C19H15BrN2O3/c1-13-2-8-17(16(20)10-13)22-18(23)12-25-19(24)9-7-14-3-5-15(11-21)6-4-14/h2-10H,12H2,1H3,(H,22,23)/b9-7+. The average Bonchev–Trinajstić information content (AvgIpc) is 2.61. The number of carbonyl (C=O) groups excluding carboxylic acids is 2. The molecule has 0 spiro atoms. The monoisotopic (exact) mass is 398 g/mol. The number of halogens is 1. The summed E-state index contributed by atoms with van der Waals surface area (Å²) in [5.41, 5.74) is 2.96. The van der Waals surface area contributed by atoms with Crippen LogP contribution in [0.3, 0.4) is 0 Å². The fourth-order valence-corrected chi connectivity index (χ4v) is 2.52. The molecule has 0 aliphatic carbocycles. The minimum absolute atomic E-state index is 0.378. The Kier molecular flexibility index (Phi) is 6.49. The Morgan fingerprint density at radius 1 is 1.24 bits per heavy atom. The van der Waals surface area contributed by atoms with Gasteiger partial charge in [0.05, 0.1) is 17.3 Å². The van der Waals surface area contributed by atoms with Crippen molar-refractivity contribution in [3.05, 3.63) is 69.7 Å². The van der Waals surface area contributed by atoms with Crippen molar-refractivity contribution in [2.24, 2.45) is 0 Å². The molecule has 0 unspecified atom stereocenters. The summed E-state index contributed by atoms with van der Waals surface area (Å²) in [7, 11) is 0.